The van der Waals surface area contributed by atoms with Crippen molar-refractivity contribution < 1.29 is 9.18 Å². The minimum atomic E-state index is -0.277. The van der Waals surface area contributed by atoms with Crippen molar-refractivity contribution in [2.24, 2.45) is 0 Å². The van der Waals surface area contributed by atoms with Crippen LogP contribution in [-0.2, 0) is 0 Å². The molecule has 0 bridgehead atoms. The van der Waals surface area contributed by atoms with Gasteiger partial charge in [-0.15, -0.1) is 11.3 Å². The van der Waals surface area contributed by atoms with Crippen molar-refractivity contribution in [3.63, 3.8) is 0 Å². The first-order chi connectivity index (χ1) is 13.5. The number of carbonyl (C=O) groups excluding carboxylic acids is 1. The molecular formula is C21H19ClFN3OS. The highest BCUT2D eigenvalue weighted by Crippen LogP contribution is 2.34. The number of aromatic nitrogens is 2. The van der Waals surface area contributed by atoms with Gasteiger partial charge in [-0.25, -0.2) is 14.4 Å². The van der Waals surface area contributed by atoms with E-state index in [9.17, 15) is 9.18 Å². The lowest BCUT2D eigenvalue weighted by atomic mass is 9.89. The van der Waals surface area contributed by atoms with Gasteiger partial charge in [0.2, 0.25) is 0 Å². The lowest BCUT2D eigenvalue weighted by molar-refractivity contribution is 0.0711. The number of thiophene rings is 1. The summed E-state index contributed by atoms with van der Waals surface area (Å²) in [7, 11) is 0. The van der Waals surface area contributed by atoms with Crippen LogP contribution in [0.1, 0.15) is 39.9 Å². The summed E-state index contributed by atoms with van der Waals surface area (Å²) in [5, 5.41) is 2.33. The quantitative estimate of drug-likeness (QED) is 0.581. The first-order valence-electron chi connectivity index (χ1n) is 9.14. The summed E-state index contributed by atoms with van der Waals surface area (Å²) in [4.78, 5) is 24.4. The SMILES string of the molecule is Cc1ncc(-c2ccc(F)cc2)c(C2CCCN(C(=O)c3sccc3Cl)C2)n1. The van der Waals surface area contributed by atoms with Crippen LogP contribution in [0, 0.1) is 12.7 Å². The van der Waals surface area contributed by atoms with Crippen molar-refractivity contribution in [1.82, 2.24) is 14.9 Å². The Morgan fingerprint density at radius 1 is 1.29 bits per heavy atom. The van der Waals surface area contributed by atoms with Gasteiger partial charge in [0, 0.05) is 30.8 Å². The molecule has 0 aliphatic carbocycles. The standard InChI is InChI=1S/C21H19ClFN3OS/c1-13-24-11-17(14-4-6-16(23)7-5-14)19(25-13)15-3-2-9-26(12-15)21(27)20-18(22)8-10-28-20/h4-8,10-11,15H,2-3,9,12H2,1H3. The number of carbonyl (C=O) groups is 1. The highest BCUT2D eigenvalue weighted by atomic mass is 35.5. The van der Waals surface area contributed by atoms with E-state index in [1.807, 2.05) is 17.2 Å². The number of aryl methyl sites for hydroxylation is 1. The number of amides is 1. The molecule has 1 unspecified atom stereocenters. The van der Waals surface area contributed by atoms with E-state index in [2.05, 4.69) is 4.98 Å². The molecule has 0 saturated carbocycles. The Balaban J connectivity index is 1.65. The van der Waals surface area contributed by atoms with Gasteiger partial charge < -0.3 is 4.90 Å². The maximum atomic E-state index is 13.3. The van der Waals surface area contributed by atoms with Gasteiger partial charge in [0.25, 0.3) is 5.91 Å². The largest absolute Gasteiger partial charge is 0.337 e. The summed E-state index contributed by atoms with van der Waals surface area (Å²) >= 11 is 7.53. The number of nitrogens with zero attached hydrogens (tertiary/aromatic N) is 3. The van der Waals surface area contributed by atoms with E-state index in [0.29, 0.717) is 28.8 Å². The van der Waals surface area contributed by atoms with Crippen LogP contribution in [-0.4, -0.2) is 33.9 Å². The maximum Gasteiger partial charge on any atom is 0.265 e. The molecule has 144 valence electrons. The van der Waals surface area contributed by atoms with Gasteiger partial charge in [-0.1, -0.05) is 23.7 Å². The number of likely N-dealkylation sites (tertiary alicyclic amines) is 1. The van der Waals surface area contributed by atoms with E-state index in [1.165, 1.54) is 23.5 Å². The Morgan fingerprint density at radius 3 is 2.79 bits per heavy atom. The lowest BCUT2D eigenvalue weighted by Gasteiger charge is -2.33. The van der Waals surface area contributed by atoms with E-state index in [4.69, 9.17) is 16.6 Å². The number of hydrogen-bond donors (Lipinski definition) is 0. The lowest BCUT2D eigenvalue weighted by Crippen LogP contribution is -2.39. The van der Waals surface area contributed by atoms with Crippen molar-refractivity contribution in [2.45, 2.75) is 25.7 Å². The van der Waals surface area contributed by atoms with E-state index >= 15 is 0 Å². The van der Waals surface area contributed by atoms with Crippen molar-refractivity contribution in [1.29, 1.82) is 0 Å². The molecular weight excluding hydrogens is 397 g/mol. The number of benzene rings is 1. The molecule has 1 amide bonds. The zero-order chi connectivity index (χ0) is 19.7. The van der Waals surface area contributed by atoms with E-state index in [-0.39, 0.29) is 17.6 Å². The van der Waals surface area contributed by atoms with Crippen LogP contribution in [0.5, 0.6) is 0 Å². The normalized spacial score (nSPS) is 17.0. The third-order valence-corrected chi connectivity index (χ3v) is 6.33. The van der Waals surface area contributed by atoms with Crippen LogP contribution < -0.4 is 0 Å². The highest BCUT2D eigenvalue weighted by molar-refractivity contribution is 7.12. The molecule has 0 N–H and O–H groups in total. The molecule has 1 saturated heterocycles. The van der Waals surface area contributed by atoms with Crippen LogP contribution in [0.2, 0.25) is 5.02 Å². The molecule has 2 aromatic heterocycles. The van der Waals surface area contributed by atoms with Crippen LogP contribution in [0.3, 0.4) is 0 Å². The fourth-order valence-corrected chi connectivity index (χ4v) is 4.73. The summed E-state index contributed by atoms with van der Waals surface area (Å²) in [5.41, 5.74) is 2.68. The Labute approximate surface area is 172 Å². The van der Waals surface area contributed by atoms with Gasteiger partial charge in [0.15, 0.2) is 0 Å². The minimum absolute atomic E-state index is 0.0289. The van der Waals surface area contributed by atoms with Crippen LogP contribution in [0.25, 0.3) is 11.1 Å². The topological polar surface area (TPSA) is 46.1 Å². The fraction of sp³-hybridized carbons (Fsp3) is 0.286. The summed E-state index contributed by atoms with van der Waals surface area (Å²) in [6.07, 6.45) is 3.62. The van der Waals surface area contributed by atoms with E-state index in [0.717, 1.165) is 29.7 Å². The third kappa shape index (κ3) is 3.80. The average molecular weight is 416 g/mol. The molecule has 1 aromatic carbocycles. The Morgan fingerprint density at radius 2 is 2.07 bits per heavy atom. The van der Waals surface area contributed by atoms with Crippen LogP contribution in [0.15, 0.2) is 41.9 Å². The van der Waals surface area contributed by atoms with Gasteiger partial charge >= 0.3 is 0 Å². The second kappa shape index (κ2) is 7.97. The van der Waals surface area contributed by atoms with Gasteiger partial charge in [-0.3, -0.25) is 4.79 Å². The number of piperidine rings is 1. The predicted molar refractivity (Wildman–Crippen MR) is 109 cm³/mol. The Kier molecular flexibility index (Phi) is 5.42. The predicted octanol–water partition coefficient (Wildman–Crippen LogP) is 5.33. The molecule has 4 nitrogen and oxygen atoms in total. The Bertz CT molecular complexity index is 1010. The van der Waals surface area contributed by atoms with Gasteiger partial charge in [-0.05, 0) is 48.9 Å². The van der Waals surface area contributed by atoms with Gasteiger partial charge in [0.05, 0.1) is 10.7 Å². The second-order valence-electron chi connectivity index (χ2n) is 6.91. The zero-order valence-corrected chi connectivity index (χ0v) is 16.9. The minimum Gasteiger partial charge on any atom is -0.337 e. The summed E-state index contributed by atoms with van der Waals surface area (Å²) in [6, 6.07) is 8.11. The van der Waals surface area contributed by atoms with Crippen molar-refractivity contribution in [2.75, 3.05) is 13.1 Å². The first kappa shape index (κ1) is 19.0. The molecule has 1 aliphatic heterocycles. The molecule has 1 fully saturated rings. The van der Waals surface area contributed by atoms with Crippen molar-refractivity contribution in [3.8, 4) is 11.1 Å². The molecule has 4 rings (SSSR count). The van der Waals surface area contributed by atoms with Crippen molar-refractivity contribution >= 4 is 28.8 Å². The summed E-state index contributed by atoms with van der Waals surface area (Å²) in [5.74, 6) is 0.475. The molecule has 1 aliphatic rings. The summed E-state index contributed by atoms with van der Waals surface area (Å²) < 4.78 is 13.3. The maximum absolute atomic E-state index is 13.3. The first-order valence-corrected chi connectivity index (χ1v) is 10.4. The number of rotatable bonds is 3. The van der Waals surface area contributed by atoms with Crippen LogP contribution >= 0.6 is 22.9 Å². The average Bonchev–Trinajstić information content (AvgIpc) is 3.14. The molecule has 3 aromatic rings. The van der Waals surface area contributed by atoms with E-state index < -0.39 is 0 Å². The molecule has 1 atom stereocenters. The number of halogens is 2. The molecule has 0 radical (unpaired) electrons. The molecule has 3 heterocycles. The van der Waals surface area contributed by atoms with Gasteiger partial charge in [-0.2, -0.15) is 0 Å². The van der Waals surface area contributed by atoms with E-state index in [1.54, 1.807) is 24.4 Å². The summed E-state index contributed by atoms with van der Waals surface area (Å²) in [6.45, 7) is 3.15. The second-order valence-corrected chi connectivity index (χ2v) is 8.23. The fourth-order valence-electron chi connectivity index (χ4n) is 3.63. The molecule has 28 heavy (non-hydrogen) atoms. The monoisotopic (exact) mass is 415 g/mol. The highest BCUT2D eigenvalue weighted by Gasteiger charge is 2.29. The third-order valence-electron chi connectivity index (χ3n) is 5.00. The van der Waals surface area contributed by atoms with Gasteiger partial charge in [0.1, 0.15) is 16.5 Å². The number of hydrogen-bond acceptors (Lipinski definition) is 4. The zero-order valence-electron chi connectivity index (χ0n) is 15.4. The van der Waals surface area contributed by atoms with Crippen molar-refractivity contribution in [3.05, 3.63) is 69.1 Å². The van der Waals surface area contributed by atoms with Crippen LogP contribution in [0.4, 0.5) is 4.39 Å². The molecule has 0 spiro atoms. The Hall–Kier alpha value is -2.31. The molecule has 7 heteroatoms. The smallest absolute Gasteiger partial charge is 0.265 e.